The van der Waals surface area contributed by atoms with Gasteiger partial charge in [0.2, 0.25) is 17.6 Å². The molecule has 17 heteroatoms. The molecule has 3 unspecified atom stereocenters. The van der Waals surface area contributed by atoms with Gasteiger partial charge < -0.3 is 39.2 Å². The number of benzene rings is 2. The Balaban J connectivity index is 1.39. The number of carbonyl (C=O) groups is 5. The van der Waals surface area contributed by atoms with Crippen molar-refractivity contribution in [2.45, 2.75) is 92.0 Å². The molecule has 5 aromatic rings. The van der Waals surface area contributed by atoms with E-state index in [1.807, 2.05) is 39.0 Å². The maximum Gasteiger partial charge on any atom is 0.293 e. The van der Waals surface area contributed by atoms with Crippen LogP contribution in [0.4, 0.5) is 5.82 Å². The third-order valence-electron chi connectivity index (χ3n) is 12.5. The zero-order chi connectivity index (χ0) is 49.4. The predicted octanol–water partition coefficient (Wildman–Crippen LogP) is 6.35. The number of hydrogen-bond acceptors (Lipinski definition) is 11. The highest BCUT2D eigenvalue weighted by Crippen LogP contribution is 2.42. The van der Waals surface area contributed by atoms with Crippen molar-refractivity contribution in [1.82, 2.24) is 39.8 Å². The van der Waals surface area contributed by atoms with E-state index in [0.29, 0.717) is 43.7 Å². The molecule has 1 saturated heterocycles. The maximum absolute atomic E-state index is 14.4. The Kier molecular flexibility index (Phi) is 16.2. The number of amides is 4. The van der Waals surface area contributed by atoms with Crippen molar-refractivity contribution >= 4 is 46.8 Å². The van der Waals surface area contributed by atoms with Gasteiger partial charge in [0.05, 0.1) is 30.3 Å². The van der Waals surface area contributed by atoms with Crippen LogP contribution in [0.5, 0.6) is 5.75 Å². The van der Waals surface area contributed by atoms with E-state index in [-0.39, 0.29) is 48.3 Å². The number of ether oxygens (including phenoxy) is 2. The fraction of sp³-hybridized carbons (Fsp3) is 0.431. The molecule has 4 heterocycles. The lowest BCUT2D eigenvalue weighted by Crippen LogP contribution is -2.59. The minimum absolute atomic E-state index is 0.00585. The number of carbonyl (C=O) groups excluding carboxylic acids is 5. The van der Waals surface area contributed by atoms with Gasteiger partial charge in [-0.2, -0.15) is 0 Å². The topological polar surface area (TPSA) is 202 Å². The van der Waals surface area contributed by atoms with E-state index >= 15 is 0 Å². The van der Waals surface area contributed by atoms with E-state index in [1.54, 1.807) is 32.5 Å². The zero-order valence-electron chi connectivity index (χ0n) is 40.6. The van der Waals surface area contributed by atoms with Crippen molar-refractivity contribution < 1.29 is 38.6 Å². The summed E-state index contributed by atoms with van der Waals surface area (Å²) in [5.41, 5.74) is 9.53. The Morgan fingerprint density at radius 2 is 1.82 bits per heavy atom. The number of rotatable bonds is 20. The third kappa shape index (κ3) is 11.1. The minimum atomic E-state index is -1.09. The van der Waals surface area contributed by atoms with Crippen LogP contribution in [0.2, 0.25) is 0 Å². The summed E-state index contributed by atoms with van der Waals surface area (Å²) in [6, 6.07) is 13.2. The molecule has 1 aliphatic rings. The van der Waals surface area contributed by atoms with Gasteiger partial charge >= 0.3 is 0 Å². The van der Waals surface area contributed by atoms with E-state index in [2.05, 4.69) is 71.2 Å². The van der Waals surface area contributed by atoms with Crippen LogP contribution in [0.1, 0.15) is 87.9 Å². The molecule has 4 N–H and O–H groups in total. The summed E-state index contributed by atoms with van der Waals surface area (Å²) in [6.07, 6.45) is 6.16. The quantitative estimate of drug-likeness (QED) is 0.0500. The summed E-state index contributed by atoms with van der Waals surface area (Å²) in [7, 11) is 4.74. The van der Waals surface area contributed by atoms with Gasteiger partial charge in [0, 0.05) is 75.3 Å². The van der Waals surface area contributed by atoms with Crippen LogP contribution in [0.3, 0.4) is 0 Å². The van der Waals surface area contributed by atoms with Crippen molar-refractivity contribution in [1.29, 1.82) is 0 Å². The number of likely N-dealkylation sites (N-methyl/N-ethyl adjacent to an activating group) is 1. The number of pyridine rings is 1. The molecule has 0 bridgehead atoms. The van der Waals surface area contributed by atoms with Gasteiger partial charge in [-0.1, -0.05) is 46.4 Å². The molecule has 2 aromatic carbocycles. The standard InChI is InChI=1S/C51H65N9O8/c1-11-43(63)56-42-28-53-47(57(42)8)50(66)58(9)45(31(3)4)48(64)55-40(49(65)60-21-14-13-20-54-60)24-33-22-35(25-36(62)23-33)34-17-18-41-38(26-34)39(27-51(6,7)29-68-30-61)46(59(41)12-2)37-16-15-19-52-44(37)32(5)67-10/h11,15-19,22-23,25-26,28,30-32,40,45,54,62H,1,12-14,20-21,24,27,29H2,2-10H3,(H,55,64)(H,56,63). The van der Waals surface area contributed by atoms with Gasteiger partial charge in [-0.05, 0) is 104 Å². The Hall–Kier alpha value is -6.85. The third-order valence-corrected chi connectivity index (χ3v) is 12.5. The molecule has 362 valence electrons. The molecule has 0 spiro atoms. The molecule has 68 heavy (non-hydrogen) atoms. The molecule has 4 amide bonds. The lowest BCUT2D eigenvalue weighted by molar-refractivity contribution is -0.141. The number of nitrogens with zero attached hydrogens (tertiary/aromatic N) is 6. The van der Waals surface area contributed by atoms with Gasteiger partial charge in [-0.3, -0.25) is 34.0 Å². The number of hydrogen-bond donors (Lipinski definition) is 4. The van der Waals surface area contributed by atoms with Crippen molar-refractivity contribution in [3.63, 3.8) is 0 Å². The lowest BCUT2D eigenvalue weighted by atomic mass is 9.84. The smallest absolute Gasteiger partial charge is 0.293 e. The molecule has 0 radical (unpaired) electrons. The Morgan fingerprint density at radius 3 is 2.49 bits per heavy atom. The first-order chi connectivity index (χ1) is 32.4. The highest BCUT2D eigenvalue weighted by Gasteiger charge is 2.36. The van der Waals surface area contributed by atoms with Gasteiger partial charge in [-0.15, -0.1) is 0 Å². The number of phenols is 1. The number of imidazole rings is 1. The van der Waals surface area contributed by atoms with Gasteiger partial charge in [0.15, 0.2) is 0 Å². The van der Waals surface area contributed by atoms with Crippen molar-refractivity contribution in [2.75, 3.05) is 39.2 Å². The monoisotopic (exact) mass is 931 g/mol. The molecule has 0 aliphatic carbocycles. The van der Waals surface area contributed by atoms with Crippen molar-refractivity contribution in [3.05, 3.63) is 96.2 Å². The molecule has 1 fully saturated rings. The Morgan fingerprint density at radius 1 is 1.06 bits per heavy atom. The van der Waals surface area contributed by atoms with Crippen LogP contribution in [0.25, 0.3) is 33.3 Å². The predicted molar refractivity (Wildman–Crippen MR) is 260 cm³/mol. The molecule has 3 aromatic heterocycles. The van der Waals surface area contributed by atoms with E-state index < -0.39 is 35.2 Å². The zero-order valence-corrected chi connectivity index (χ0v) is 40.6. The highest BCUT2D eigenvalue weighted by atomic mass is 16.5. The van der Waals surface area contributed by atoms with E-state index in [4.69, 9.17) is 14.5 Å². The second-order valence-corrected chi connectivity index (χ2v) is 18.4. The Labute approximate surface area is 397 Å². The molecular weight excluding hydrogens is 867 g/mol. The highest BCUT2D eigenvalue weighted by molar-refractivity contribution is 6.00. The number of fused-ring (bicyclic) bond motifs is 1. The number of aryl methyl sites for hydroxylation is 1. The summed E-state index contributed by atoms with van der Waals surface area (Å²) in [5.74, 6) is -2.09. The minimum Gasteiger partial charge on any atom is -0.508 e. The summed E-state index contributed by atoms with van der Waals surface area (Å²) < 4.78 is 14.8. The SMILES string of the molecule is C=CC(=O)Nc1cnc(C(=O)N(C)C(C(=O)NC(Cc2cc(O)cc(-c3ccc4c(c3)c(CC(C)(C)COC=O)c(-c3cccnc3C(C)OC)n4CC)c2)C(=O)N2CCCCN2)C(C)C)n1C. The Bertz CT molecular complexity index is 2660. The number of methoxy groups -OCH3 is 1. The molecule has 6 rings (SSSR count). The van der Waals surface area contributed by atoms with Crippen LogP contribution in [0, 0.1) is 11.3 Å². The largest absolute Gasteiger partial charge is 0.508 e. The number of anilines is 1. The molecule has 0 saturated carbocycles. The number of aromatic hydroxyl groups is 1. The molecule has 1 aliphatic heterocycles. The second-order valence-electron chi connectivity index (χ2n) is 18.4. The van der Waals surface area contributed by atoms with Crippen LogP contribution in [-0.2, 0) is 55.1 Å². The van der Waals surface area contributed by atoms with E-state index in [9.17, 15) is 29.1 Å². The van der Waals surface area contributed by atoms with Crippen molar-refractivity contribution in [3.8, 4) is 28.1 Å². The number of nitrogens with one attached hydrogen (secondary N) is 3. The van der Waals surface area contributed by atoms with Crippen molar-refractivity contribution in [2.24, 2.45) is 18.4 Å². The van der Waals surface area contributed by atoms with E-state index in [1.165, 1.54) is 27.7 Å². The second kappa shape index (κ2) is 21.8. The number of phenolic OH excluding ortho intramolecular Hbond substituents is 1. The molecule has 3 atom stereocenters. The fourth-order valence-electron chi connectivity index (χ4n) is 9.09. The number of hydrazine groups is 1. The summed E-state index contributed by atoms with van der Waals surface area (Å²) in [6.45, 7) is 17.6. The average molecular weight is 932 g/mol. The first kappa shape index (κ1) is 50.6. The first-order valence-electron chi connectivity index (χ1n) is 23.0. The summed E-state index contributed by atoms with van der Waals surface area (Å²) >= 11 is 0. The average Bonchev–Trinajstić information content (AvgIpc) is 3.84. The number of aromatic nitrogens is 4. The van der Waals surface area contributed by atoms with Gasteiger partial charge in [0.25, 0.3) is 18.3 Å². The van der Waals surface area contributed by atoms with Crippen LogP contribution in [-0.4, -0.2) is 110 Å². The first-order valence-corrected chi connectivity index (χ1v) is 23.0. The van der Waals surface area contributed by atoms with Crippen LogP contribution in [0.15, 0.2) is 73.6 Å². The molecular formula is C51H65N9O8. The van der Waals surface area contributed by atoms with Crippen LogP contribution < -0.4 is 16.1 Å². The fourth-order valence-corrected chi connectivity index (χ4v) is 9.09. The van der Waals surface area contributed by atoms with Gasteiger partial charge in [0.1, 0.15) is 23.7 Å². The lowest BCUT2D eigenvalue weighted by Gasteiger charge is -2.34. The maximum atomic E-state index is 14.4. The van der Waals surface area contributed by atoms with Crippen LogP contribution >= 0.6 is 0 Å². The normalized spacial score (nSPS) is 14.3. The van der Waals surface area contributed by atoms with E-state index in [0.717, 1.165) is 57.9 Å². The van der Waals surface area contributed by atoms with Gasteiger partial charge in [-0.25, -0.2) is 10.4 Å². The summed E-state index contributed by atoms with van der Waals surface area (Å²) in [4.78, 5) is 76.4. The summed E-state index contributed by atoms with van der Waals surface area (Å²) in [5, 5.41) is 19.4. The molecule has 17 nitrogen and oxygen atoms in total.